The number of nitrogens with zero attached hydrogens (tertiary/aromatic N) is 1. The van der Waals surface area contributed by atoms with Crippen LogP contribution in [0.5, 0.6) is 0 Å². The van der Waals surface area contributed by atoms with Gasteiger partial charge >= 0.3 is 0 Å². The highest BCUT2D eigenvalue weighted by Crippen LogP contribution is 2.21. The Hall–Kier alpha value is -1.68. The number of nitro groups is 1. The molecule has 0 unspecified atom stereocenters. The van der Waals surface area contributed by atoms with Crippen LogP contribution in [0, 0.1) is 10.1 Å². The first kappa shape index (κ1) is 13.4. The number of allylic oxidation sites excluding steroid dienone is 2. The molecule has 0 atom stereocenters. The average molecular weight is 247 g/mol. The smallest absolute Gasteiger partial charge is 0.258 e. The van der Waals surface area contributed by atoms with Gasteiger partial charge in [0.15, 0.2) is 0 Å². The van der Waals surface area contributed by atoms with Crippen molar-refractivity contribution in [1.29, 1.82) is 0 Å². The van der Waals surface area contributed by atoms with Crippen molar-refractivity contribution in [2.75, 3.05) is 0 Å². The molecule has 1 aromatic carbocycles. The first-order chi connectivity index (χ1) is 7.83. The molecule has 0 radical (unpaired) electrons. The zero-order valence-electron chi connectivity index (χ0n) is 10.4. The predicted molar refractivity (Wildman–Crippen MR) is 74.6 cm³/mol. The zero-order chi connectivity index (χ0) is 13.1. The molecule has 0 aliphatic heterocycles. The van der Waals surface area contributed by atoms with Crippen molar-refractivity contribution in [3.8, 4) is 0 Å². The van der Waals surface area contributed by atoms with E-state index >= 15 is 0 Å². The molecule has 1 aromatic rings. The van der Waals surface area contributed by atoms with Gasteiger partial charge in [-0.15, -0.1) is 0 Å². The number of rotatable bonds is 4. The van der Waals surface area contributed by atoms with Gasteiger partial charge in [-0.2, -0.15) is 0 Å². The molecule has 0 bridgehead atoms. The third kappa shape index (κ3) is 3.99. The van der Waals surface area contributed by atoms with Gasteiger partial charge in [0.25, 0.3) is 5.69 Å². The van der Waals surface area contributed by atoms with Gasteiger partial charge in [-0.25, -0.2) is 0 Å². The van der Waals surface area contributed by atoms with E-state index in [1.54, 1.807) is 18.2 Å². The molecule has 0 saturated carbocycles. The zero-order valence-corrected chi connectivity index (χ0v) is 11.4. The Balaban J connectivity index is 3.10. The Morgan fingerprint density at radius 1 is 1.29 bits per heavy atom. The lowest BCUT2D eigenvalue weighted by molar-refractivity contribution is -0.384. The number of benzene rings is 1. The fourth-order valence-electron chi connectivity index (χ4n) is 1.50. The molecule has 4 heteroatoms. The molecule has 0 spiro atoms. The Kier molecular flexibility index (Phi) is 4.01. The summed E-state index contributed by atoms with van der Waals surface area (Å²) in [4.78, 5) is 10.2. The molecule has 0 heterocycles. The lowest BCUT2D eigenvalue weighted by Crippen LogP contribution is -2.16. The van der Waals surface area contributed by atoms with Crippen LogP contribution in [0.15, 0.2) is 42.6 Å². The maximum absolute atomic E-state index is 10.6. The van der Waals surface area contributed by atoms with Crippen molar-refractivity contribution in [1.82, 2.24) is 0 Å². The van der Waals surface area contributed by atoms with E-state index in [1.807, 2.05) is 0 Å². The minimum atomic E-state index is -1.33. The highest BCUT2D eigenvalue weighted by atomic mass is 28.3. The van der Waals surface area contributed by atoms with Crippen LogP contribution in [0.2, 0.25) is 19.6 Å². The van der Waals surface area contributed by atoms with Crippen molar-refractivity contribution in [3.05, 3.63) is 58.3 Å². The van der Waals surface area contributed by atoms with E-state index in [0.717, 1.165) is 11.1 Å². The van der Waals surface area contributed by atoms with Crippen LogP contribution >= 0.6 is 0 Å². The average Bonchev–Trinajstić information content (AvgIpc) is 2.25. The van der Waals surface area contributed by atoms with E-state index in [9.17, 15) is 10.1 Å². The van der Waals surface area contributed by atoms with Crippen LogP contribution in [-0.4, -0.2) is 13.0 Å². The van der Waals surface area contributed by atoms with E-state index in [1.165, 1.54) is 12.1 Å². The van der Waals surface area contributed by atoms with Gasteiger partial charge in [0.1, 0.15) is 0 Å². The largest absolute Gasteiger partial charge is 0.269 e. The Bertz CT molecular complexity index is 455. The molecule has 0 N–H and O–H groups in total. The second-order valence-corrected chi connectivity index (χ2v) is 9.99. The number of nitro benzene ring substituents is 1. The quantitative estimate of drug-likeness (QED) is 0.349. The maximum Gasteiger partial charge on any atom is 0.269 e. The summed E-state index contributed by atoms with van der Waals surface area (Å²) >= 11 is 0. The second-order valence-electron chi connectivity index (χ2n) is 4.97. The lowest BCUT2D eigenvalue weighted by atomic mass is 10.1. The summed E-state index contributed by atoms with van der Waals surface area (Å²) in [5.74, 6) is 0. The van der Waals surface area contributed by atoms with Crippen LogP contribution in [0.3, 0.4) is 0 Å². The van der Waals surface area contributed by atoms with E-state index in [0.29, 0.717) is 0 Å². The SMILES string of the molecule is C=C/C(=C/[Si](C)(C)C)c1ccc([N+](=O)[O-])cc1. The van der Waals surface area contributed by atoms with Gasteiger partial charge in [0.2, 0.25) is 0 Å². The van der Waals surface area contributed by atoms with Crippen molar-refractivity contribution in [2.45, 2.75) is 19.6 Å². The minimum Gasteiger partial charge on any atom is -0.258 e. The van der Waals surface area contributed by atoms with Gasteiger partial charge in [-0.3, -0.25) is 10.1 Å². The number of hydrogen-bond donors (Lipinski definition) is 0. The van der Waals surface area contributed by atoms with Crippen LogP contribution < -0.4 is 0 Å². The van der Waals surface area contributed by atoms with Gasteiger partial charge < -0.3 is 0 Å². The molecule has 0 aromatic heterocycles. The normalized spacial score (nSPS) is 12.3. The Labute approximate surface area is 103 Å². The summed E-state index contributed by atoms with van der Waals surface area (Å²) in [5.41, 5.74) is 4.39. The topological polar surface area (TPSA) is 43.1 Å². The first-order valence-electron chi connectivity index (χ1n) is 5.43. The minimum absolute atomic E-state index is 0.116. The fourth-order valence-corrected chi connectivity index (χ4v) is 2.72. The summed E-state index contributed by atoms with van der Waals surface area (Å²) in [6, 6.07) is 6.59. The Morgan fingerprint density at radius 2 is 1.82 bits per heavy atom. The second kappa shape index (κ2) is 5.10. The van der Waals surface area contributed by atoms with Crippen molar-refractivity contribution >= 4 is 19.3 Å². The van der Waals surface area contributed by atoms with Crippen LogP contribution in [-0.2, 0) is 0 Å². The highest BCUT2D eigenvalue weighted by Gasteiger charge is 2.11. The molecule has 90 valence electrons. The standard InChI is InChI=1S/C13H17NO2Si/c1-5-11(10-17(2,3)4)12-6-8-13(9-7-12)14(15)16/h5-10H,1H2,2-4H3/b11-10-. The summed E-state index contributed by atoms with van der Waals surface area (Å²) in [5, 5.41) is 10.6. The molecule has 0 aliphatic rings. The summed E-state index contributed by atoms with van der Waals surface area (Å²) < 4.78 is 0. The fraction of sp³-hybridized carbons (Fsp3) is 0.231. The van der Waals surface area contributed by atoms with E-state index in [2.05, 4.69) is 31.9 Å². The number of hydrogen-bond acceptors (Lipinski definition) is 2. The van der Waals surface area contributed by atoms with E-state index < -0.39 is 8.07 Å². The lowest BCUT2D eigenvalue weighted by Gasteiger charge is -2.12. The molecule has 0 fully saturated rings. The molecular weight excluding hydrogens is 230 g/mol. The summed E-state index contributed by atoms with van der Waals surface area (Å²) in [7, 11) is -1.33. The summed E-state index contributed by atoms with van der Waals surface area (Å²) in [6.45, 7) is 10.5. The van der Waals surface area contributed by atoms with Crippen LogP contribution in [0.1, 0.15) is 5.56 Å². The van der Waals surface area contributed by atoms with Crippen molar-refractivity contribution in [3.63, 3.8) is 0 Å². The molecule has 3 nitrogen and oxygen atoms in total. The maximum atomic E-state index is 10.6. The van der Waals surface area contributed by atoms with Gasteiger partial charge in [0, 0.05) is 12.1 Å². The van der Waals surface area contributed by atoms with E-state index in [-0.39, 0.29) is 10.6 Å². The van der Waals surface area contributed by atoms with Crippen LogP contribution in [0.4, 0.5) is 5.69 Å². The Morgan fingerprint density at radius 3 is 2.18 bits per heavy atom. The third-order valence-electron chi connectivity index (χ3n) is 2.22. The monoisotopic (exact) mass is 247 g/mol. The molecule has 0 amide bonds. The third-order valence-corrected chi connectivity index (χ3v) is 3.40. The van der Waals surface area contributed by atoms with Crippen LogP contribution in [0.25, 0.3) is 5.57 Å². The number of non-ortho nitro benzene ring substituents is 1. The molecule has 0 aliphatic carbocycles. The van der Waals surface area contributed by atoms with Gasteiger partial charge in [0.05, 0.1) is 13.0 Å². The highest BCUT2D eigenvalue weighted by molar-refractivity contribution is 6.81. The van der Waals surface area contributed by atoms with E-state index in [4.69, 9.17) is 0 Å². The molecular formula is C13H17NO2Si. The molecule has 0 saturated heterocycles. The van der Waals surface area contributed by atoms with Gasteiger partial charge in [-0.05, 0) is 23.3 Å². The van der Waals surface area contributed by atoms with Crippen molar-refractivity contribution < 1.29 is 4.92 Å². The molecule has 17 heavy (non-hydrogen) atoms. The summed E-state index contributed by atoms with van der Waals surface area (Å²) in [6.07, 6.45) is 1.80. The first-order valence-corrected chi connectivity index (χ1v) is 9.01. The molecule has 1 rings (SSSR count). The van der Waals surface area contributed by atoms with Gasteiger partial charge in [-0.1, -0.05) is 38.0 Å². The predicted octanol–water partition coefficient (Wildman–Crippen LogP) is 4.04. The van der Waals surface area contributed by atoms with Crippen molar-refractivity contribution in [2.24, 2.45) is 0 Å².